The zero-order valence-corrected chi connectivity index (χ0v) is 18.6. The van der Waals surface area contributed by atoms with Gasteiger partial charge in [0.15, 0.2) is 0 Å². The van der Waals surface area contributed by atoms with Crippen molar-refractivity contribution in [1.29, 1.82) is 0 Å². The Balaban J connectivity index is 1.82. The van der Waals surface area contributed by atoms with Gasteiger partial charge in [-0.2, -0.15) is 4.98 Å². The van der Waals surface area contributed by atoms with E-state index in [9.17, 15) is 8.42 Å². The molecule has 30 heavy (non-hydrogen) atoms. The van der Waals surface area contributed by atoms with Gasteiger partial charge in [-0.05, 0) is 37.7 Å². The van der Waals surface area contributed by atoms with E-state index in [1.165, 1.54) is 0 Å². The predicted molar refractivity (Wildman–Crippen MR) is 118 cm³/mol. The lowest BCUT2D eigenvalue weighted by Crippen LogP contribution is -2.46. The average molecular weight is 446 g/mol. The summed E-state index contributed by atoms with van der Waals surface area (Å²) in [6.07, 6.45) is 0. The molecule has 4 rings (SSSR count). The van der Waals surface area contributed by atoms with Gasteiger partial charge in [-0.15, -0.1) is 0 Å². The Morgan fingerprint density at radius 2 is 1.70 bits per heavy atom. The second-order valence-corrected chi connectivity index (χ2v) is 9.62. The van der Waals surface area contributed by atoms with E-state index in [1.54, 1.807) is 36.4 Å². The number of piperazine rings is 1. The molecule has 0 bridgehead atoms. The van der Waals surface area contributed by atoms with Crippen molar-refractivity contribution in [2.45, 2.75) is 23.8 Å². The summed E-state index contributed by atoms with van der Waals surface area (Å²) in [7, 11) is -3.86. The molecular weight excluding hydrogens is 422 g/mol. The molecule has 1 aromatic heterocycles. The maximum atomic E-state index is 13.5. The molecule has 8 heteroatoms. The minimum atomic E-state index is -3.86. The lowest BCUT2D eigenvalue weighted by Gasteiger charge is -2.33. The van der Waals surface area contributed by atoms with E-state index in [2.05, 4.69) is 16.8 Å². The number of sulfone groups is 1. The number of likely N-dealkylation sites (N-methyl/N-ethyl adjacent to an activating group) is 1. The number of nitrogens with zero attached hydrogens (tertiary/aromatic N) is 3. The van der Waals surface area contributed by atoms with Crippen molar-refractivity contribution in [3.8, 4) is 11.5 Å². The van der Waals surface area contributed by atoms with E-state index in [0.717, 1.165) is 25.2 Å². The molecule has 0 unspecified atom stereocenters. The van der Waals surface area contributed by atoms with Crippen LogP contribution in [0.25, 0.3) is 11.5 Å². The van der Waals surface area contributed by atoms with E-state index < -0.39 is 9.84 Å². The number of benzene rings is 2. The quantitative estimate of drug-likeness (QED) is 0.584. The second-order valence-electron chi connectivity index (χ2n) is 7.35. The molecule has 0 spiro atoms. The van der Waals surface area contributed by atoms with Crippen LogP contribution >= 0.6 is 11.6 Å². The van der Waals surface area contributed by atoms with Gasteiger partial charge in [-0.3, -0.25) is 0 Å². The molecule has 2 heterocycles. The molecule has 158 valence electrons. The lowest BCUT2D eigenvalue weighted by atomic mass is 10.2. The Hall–Kier alpha value is -2.35. The van der Waals surface area contributed by atoms with Crippen LogP contribution in [-0.2, 0) is 9.84 Å². The van der Waals surface area contributed by atoms with Crippen LogP contribution in [-0.4, -0.2) is 51.0 Å². The minimum Gasteiger partial charge on any atom is -0.419 e. The Morgan fingerprint density at radius 1 is 1.03 bits per heavy atom. The summed E-state index contributed by atoms with van der Waals surface area (Å²) in [5, 5.41) is 0.395. The number of hydrogen-bond acceptors (Lipinski definition) is 6. The van der Waals surface area contributed by atoms with Crippen LogP contribution in [0.15, 0.2) is 62.9 Å². The molecule has 0 saturated carbocycles. The van der Waals surface area contributed by atoms with Gasteiger partial charge in [0.05, 0.1) is 15.5 Å². The Bertz CT molecular complexity index is 1130. The predicted octanol–water partition coefficient (Wildman–Crippen LogP) is 4.28. The van der Waals surface area contributed by atoms with Crippen molar-refractivity contribution in [2.24, 2.45) is 0 Å². The van der Waals surface area contributed by atoms with Crippen molar-refractivity contribution in [3.05, 3.63) is 59.1 Å². The summed E-state index contributed by atoms with van der Waals surface area (Å²) in [6.45, 7) is 8.01. The van der Waals surface area contributed by atoms with Gasteiger partial charge in [0.1, 0.15) is 0 Å². The fraction of sp³-hybridized carbons (Fsp3) is 0.318. The standard InChI is InChI=1S/C22H24ClN3O3S/c1-3-25-12-14-26(15-13-25)22-21(30(27,28)17-10-8-16(2)9-11-17)24-20(29-22)18-6-4-5-7-19(18)23/h4-11H,3,12-15H2,1-2H3. The monoisotopic (exact) mass is 445 g/mol. The van der Waals surface area contributed by atoms with Crippen LogP contribution in [0.2, 0.25) is 5.02 Å². The molecule has 0 radical (unpaired) electrons. The minimum absolute atomic E-state index is 0.0637. The summed E-state index contributed by atoms with van der Waals surface area (Å²) in [6, 6.07) is 13.9. The Labute approximate surface area is 182 Å². The number of halogens is 1. The molecule has 1 aliphatic heterocycles. The number of rotatable bonds is 5. The van der Waals surface area contributed by atoms with Gasteiger partial charge in [-0.1, -0.05) is 48.4 Å². The van der Waals surface area contributed by atoms with Crippen molar-refractivity contribution in [2.75, 3.05) is 37.6 Å². The van der Waals surface area contributed by atoms with Gasteiger partial charge < -0.3 is 14.2 Å². The van der Waals surface area contributed by atoms with Gasteiger partial charge >= 0.3 is 0 Å². The first kappa shape index (κ1) is 20.9. The van der Waals surface area contributed by atoms with Crippen molar-refractivity contribution in [3.63, 3.8) is 0 Å². The summed E-state index contributed by atoms with van der Waals surface area (Å²) in [5.74, 6) is 0.487. The highest BCUT2D eigenvalue weighted by Crippen LogP contribution is 2.37. The van der Waals surface area contributed by atoms with Crippen LogP contribution in [0.5, 0.6) is 0 Å². The summed E-state index contributed by atoms with van der Waals surface area (Å²) >= 11 is 6.32. The van der Waals surface area contributed by atoms with Crippen LogP contribution in [0.4, 0.5) is 5.88 Å². The van der Waals surface area contributed by atoms with E-state index in [1.807, 2.05) is 24.0 Å². The van der Waals surface area contributed by atoms with Crippen LogP contribution < -0.4 is 4.90 Å². The molecule has 0 amide bonds. The first-order chi connectivity index (χ1) is 14.4. The number of hydrogen-bond donors (Lipinski definition) is 0. The maximum absolute atomic E-state index is 13.5. The van der Waals surface area contributed by atoms with E-state index >= 15 is 0 Å². The molecule has 0 aliphatic carbocycles. The smallest absolute Gasteiger partial charge is 0.236 e. The largest absolute Gasteiger partial charge is 0.419 e. The number of oxazole rings is 1. The van der Waals surface area contributed by atoms with E-state index in [0.29, 0.717) is 23.7 Å². The first-order valence-corrected chi connectivity index (χ1v) is 11.8. The number of aromatic nitrogens is 1. The van der Waals surface area contributed by atoms with Crippen LogP contribution in [0, 0.1) is 6.92 Å². The van der Waals surface area contributed by atoms with Gasteiger partial charge in [0, 0.05) is 26.2 Å². The molecule has 1 aliphatic rings. The fourth-order valence-electron chi connectivity index (χ4n) is 3.52. The third-order valence-corrected chi connectivity index (χ3v) is 7.37. The summed E-state index contributed by atoms with van der Waals surface area (Å²) in [5.41, 5.74) is 1.56. The lowest BCUT2D eigenvalue weighted by molar-refractivity contribution is 0.266. The fourth-order valence-corrected chi connectivity index (χ4v) is 5.06. The Kier molecular flexibility index (Phi) is 5.86. The van der Waals surface area contributed by atoms with Crippen LogP contribution in [0.3, 0.4) is 0 Å². The molecule has 6 nitrogen and oxygen atoms in total. The van der Waals surface area contributed by atoms with Crippen molar-refractivity contribution >= 4 is 27.3 Å². The maximum Gasteiger partial charge on any atom is 0.236 e. The first-order valence-electron chi connectivity index (χ1n) is 9.95. The van der Waals surface area contributed by atoms with Gasteiger partial charge in [0.2, 0.25) is 26.6 Å². The molecule has 0 N–H and O–H groups in total. The van der Waals surface area contributed by atoms with Gasteiger partial charge in [-0.25, -0.2) is 8.42 Å². The van der Waals surface area contributed by atoms with E-state index in [-0.39, 0.29) is 21.7 Å². The van der Waals surface area contributed by atoms with E-state index in [4.69, 9.17) is 16.0 Å². The van der Waals surface area contributed by atoms with Crippen LogP contribution in [0.1, 0.15) is 12.5 Å². The third-order valence-electron chi connectivity index (χ3n) is 5.38. The number of aryl methyl sites for hydroxylation is 1. The molecule has 0 atom stereocenters. The average Bonchev–Trinajstić information content (AvgIpc) is 3.20. The zero-order valence-electron chi connectivity index (χ0n) is 17.0. The topological polar surface area (TPSA) is 66.7 Å². The number of anilines is 1. The van der Waals surface area contributed by atoms with Crippen molar-refractivity contribution in [1.82, 2.24) is 9.88 Å². The molecule has 1 saturated heterocycles. The van der Waals surface area contributed by atoms with Gasteiger partial charge in [0.25, 0.3) is 0 Å². The molecule has 1 fully saturated rings. The second kappa shape index (κ2) is 8.41. The third kappa shape index (κ3) is 3.97. The molecular formula is C22H24ClN3O3S. The highest BCUT2D eigenvalue weighted by Gasteiger charge is 2.33. The summed E-state index contributed by atoms with van der Waals surface area (Å²) in [4.78, 5) is 8.90. The normalized spacial score (nSPS) is 15.5. The summed E-state index contributed by atoms with van der Waals surface area (Å²) < 4.78 is 33.0. The highest BCUT2D eigenvalue weighted by molar-refractivity contribution is 7.91. The zero-order chi connectivity index (χ0) is 21.3. The molecule has 2 aromatic carbocycles. The SMILES string of the molecule is CCN1CCN(c2oc(-c3ccccc3Cl)nc2S(=O)(=O)c2ccc(C)cc2)CC1. The Morgan fingerprint density at radius 3 is 2.33 bits per heavy atom. The highest BCUT2D eigenvalue weighted by atomic mass is 35.5. The van der Waals surface area contributed by atoms with Crippen molar-refractivity contribution < 1.29 is 12.8 Å². The molecule has 3 aromatic rings.